The fourth-order valence-corrected chi connectivity index (χ4v) is 1.07. The van der Waals surface area contributed by atoms with Crippen LogP contribution >= 0.6 is 12.2 Å². The van der Waals surface area contributed by atoms with E-state index in [-0.39, 0.29) is 5.75 Å². The second kappa shape index (κ2) is 3.49. The SMILES string of the molecule is CCC(=S)c1ccccc1O. The van der Waals surface area contributed by atoms with Gasteiger partial charge in [0.1, 0.15) is 5.75 Å². The van der Waals surface area contributed by atoms with Crippen LogP contribution in [0, 0.1) is 0 Å². The largest absolute Gasteiger partial charge is 0.507 e. The molecule has 1 rings (SSSR count). The van der Waals surface area contributed by atoms with Crippen molar-refractivity contribution in [2.24, 2.45) is 0 Å². The Morgan fingerprint density at radius 1 is 1.45 bits per heavy atom. The Hall–Kier alpha value is -0.890. The van der Waals surface area contributed by atoms with E-state index in [4.69, 9.17) is 12.2 Å². The van der Waals surface area contributed by atoms with Crippen molar-refractivity contribution >= 4 is 17.1 Å². The Balaban J connectivity index is 3.03. The summed E-state index contributed by atoms with van der Waals surface area (Å²) in [6, 6.07) is 7.15. The highest BCUT2D eigenvalue weighted by Gasteiger charge is 2.02. The first-order valence-electron chi connectivity index (χ1n) is 3.57. The molecule has 1 N–H and O–H groups in total. The third-order valence-corrected chi connectivity index (χ3v) is 2.03. The summed E-state index contributed by atoms with van der Waals surface area (Å²) < 4.78 is 0. The van der Waals surface area contributed by atoms with Crippen LogP contribution in [0.2, 0.25) is 0 Å². The summed E-state index contributed by atoms with van der Waals surface area (Å²) in [6.45, 7) is 1.98. The maximum Gasteiger partial charge on any atom is 0.123 e. The Bertz CT molecular complexity index is 268. The minimum Gasteiger partial charge on any atom is -0.507 e. The molecule has 0 aromatic heterocycles. The van der Waals surface area contributed by atoms with Gasteiger partial charge in [0.25, 0.3) is 0 Å². The quantitative estimate of drug-likeness (QED) is 0.538. The van der Waals surface area contributed by atoms with Crippen LogP contribution < -0.4 is 0 Å². The predicted octanol–water partition coefficient (Wildman–Crippen LogP) is 2.52. The first kappa shape index (κ1) is 8.21. The van der Waals surface area contributed by atoms with Crippen LogP contribution in [0.4, 0.5) is 0 Å². The van der Waals surface area contributed by atoms with Crippen LogP contribution in [0.3, 0.4) is 0 Å². The number of benzene rings is 1. The van der Waals surface area contributed by atoms with Gasteiger partial charge in [-0.1, -0.05) is 37.3 Å². The molecule has 1 nitrogen and oxygen atoms in total. The molecular formula is C9H10OS. The van der Waals surface area contributed by atoms with Gasteiger partial charge in [-0.3, -0.25) is 0 Å². The van der Waals surface area contributed by atoms with E-state index in [1.165, 1.54) is 0 Å². The second-order valence-electron chi connectivity index (χ2n) is 2.29. The molecule has 1 aromatic carbocycles. The Morgan fingerprint density at radius 3 is 2.64 bits per heavy atom. The molecule has 0 aliphatic heterocycles. The number of rotatable bonds is 2. The topological polar surface area (TPSA) is 20.2 Å². The fraction of sp³-hybridized carbons (Fsp3) is 0.222. The van der Waals surface area contributed by atoms with Crippen molar-refractivity contribution in [2.75, 3.05) is 0 Å². The molecule has 0 aliphatic rings. The lowest BCUT2D eigenvalue weighted by atomic mass is 10.1. The summed E-state index contributed by atoms with van der Waals surface area (Å²) in [7, 11) is 0. The van der Waals surface area contributed by atoms with Gasteiger partial charge in [-0.25, -0.2) is 0 Å². The molecular weight excluding hydrogens is 156 g/mol. The smallest absolute Gasteiger partial charge is 0.123 e. The van der Waals surface area contributed by atoms with Crippen LogP contribution in [0.15, 0.2) is 24.3 Å². The van der Waals surface area contributed by atoms with Gasteiger partial charge in [0.05, 0.1) is 0 Å². The van der Waals surface area contributed by atoms with Crippen molar-refractivity contribution in [1.82, 2.24) is 0 Å². The zero-order valence-electron chi connectivity index (χ0n) is 6.37. The minimum absolute atomic E-state index is 0.277. The summed E-state index contributed by atoms with van der Waals surface area (Å²) in [5, 5.41) is 9.32. The van der Waals surface area contributed by atoms with Crippen LogP contribution in [-0.4, -0.2) is 9.97 Å². The van der Waals surface area contributed by atoms with Gasteiger partial charge in [0, 0.05) is 10.4 Å². The number of hydrogen-bond donors (Lipinski definition) is 1. The molecule has 0 unspecified atom stereocenters. The second-order valence-corrected chi connectivity index (χ2v) is 2.79. The predicted molar refractivity (Wildman–Crippen MR) is 50.1 cm³/mol. The molecule has 0 heterocycles. The normalized spacial score (nSPS) is 9.55. The van der Waals surface area contributed by atoms with E-state index < -0.39 is 0 Å². The van der Waals surface area contributed by atoms with E-state index in [1.54, 1.807) is 12.1 Å². The number of phenolic OH excluding ortho intramolecular Hbond substituents is 1. The molecule has 1 aromatic rings. The van der Waals surface area contributed by atoms with Crippen LogP contribution in [-0.2, 0) is 0 Å². The number of thiocarbonyl (C=S) groups is 1. The average Bonchev–Trinajstić information content (AvgIpc) is 2.04. The average molecular weight is 166 g/mol. The first-order chi connectivity index (χ1) is 5.25. The van der Waals surface area contributed by atoms with Crippen LogP contribution in [0.5, 0.6) is 5.75 Å². The Kier molecular flexibility index (Phi) is 2.60. The summed E-state index contributed by atoms with van der Waals surface area (Å²) >= 11 is 5.05. The summed E-state index contributed by atoms with van der Waals surface area (Å²) in [6.07, 6.45) is 0.799. The van der Waals surface area contributed by atoms with Gasteiger partial charge in [-0.05, 0) is 12.5 Å². The molecule has 0 amide bonds. The molecule has 58 valence electrons. The number of aromatic hydroxyl groups is 1. The third-order valence-electron chi connectivity index (χ3n) is 1.53. The van der Waals surface area contributed by atoms with Gasteiger partial charge in [-0.2, -0.15) is 0 Å². The van der Waals surface area contributed by atoms with E-state index in [2.05, 4.69) is 0 Å². The molecule has 11 heavy (non-hydrogen) atoms. The van der Waals surface area contributed by atoms with Gasteiger partial charge in [0.15, 0.2) is 0 Å². The number of hydrogen-bond acceptors (Lipinski definition) is 2. The first-order valence-corrected chi connectivity index (χ1v) is 3.97. The molecule has 0 bridgehead atoms. The summed E-state index contributed by atoms with van der Waals surface area (Å²) in [5.41, 5.74) is 0.782. The number of para-hydroxylation sites is 1. The van der Waals surface area contributed by atoms with Crippen molar-refractivity contribution in [3.05, 3.63) is 29.8 Å². The highest BCUT2D eigenvalue weighted by molar-refractivity contribution is 7.80. The lowest BCUT2D eigenvalue weighted by Gasteiger charge is -2.01. The van der Waals surface area contributed by atoms with E-state index in [9.17, 15) is 5.11 Å². The lowest BCUT2D eigenvalue weighted by molar-refractivity contribution is 0.474. The van der Waals surface area contributed by atoms with Crippen LogP contribution in [0.1, 0.15) is 18.9 Å². The zero-order valence-corrected chi connectivity index (χ0v) is 7.19. The molecule has 0 spiro atoms. The highest BCUT2D eigenvalue weighted by atomic mass is 32.1. The maximum absolute atomic E-state index is 9.32. The van der Waals surface area contributed by atoms with Crippen molar-refractivity contribution in [1.29, 1.82) is 0 Å². The molecule has 0 fully saturated rings. The Labute approximate surface area is 71.7 Å². The fourth-order valence-electron chi connectivity index (χ4n) is 0.900. The van der Waals surface area contributed by atoms with Gasteiger partial charge in [0.2, 0.25) is 0 Å². The zero-order chi connectivity index (χ0) is 8.27. The third kappa shape index (κ3) is 1.77. The highest BCUT2D eigenvalue weighted by Crippen LogP contribution is 2.17. The standard InChI is InChI=1S/C9H10OS/c1-2-9(11)7-5-3-4-6-8(7)10/h3-6,10H,2H2,1H3. The van der Waals surface area contributed by atoms with E-state index in [0.29, 0.717) is 0 Å². The minimum atomic E-state index is 0.277. The monoisotopic (exact) mass is 166 g/mol. The summed E-state index contributed by atoms with van der Waals surface area (Å²) in [4.78, 5) is 0.808. The summed E-state index contributed by atoms with van der Waals surface area (Å²) in [5.74, 6) is 0.277. The molecule has 0 atom stereocenters. The van der Waals surface area contributed by atoms with E-state index >= 15 is 0 Å². The molecule has 2 heteroatoms. The molecule has 0 aliphatic carbocycles. The van der Waals surface area contributed by atoms with Crippen molar-refractivity contribution < 1.29 is 5.11 Å². The van der Waals surface area contributed by atoms with Crippen molar-refractivity contribution in [2.45, 2.75) is 13.3 Å². The number of phenols is 1. The molecule has 0 saturated carbocycles. The van der Waals surface area contributed by atoms with Crippen LogP contribution in [0.25, 0.3) is 0 Å². The maximum atomic E-state index is 9.32. The molecule has 0 radical (unpaired) electrons. The van der Waals surface area contributed by atoms with E-state index in [1.807, 2.05) is 19.1 Å². The van der Waals surface area contributed by atoms with Crippen molar-refractivity contribution in [3.63, 3.8) is 0 Å². The Morgan fingerprint density at radius 2 is 2.09 bits per heavy atom. The van der Waals surface area contributed by atoms with E-state index in [0.717, 1.165) is 16.8 Å². The van der Waals surface area contributed by atoms with Gasteiger partial charge >= 0.3 is 0 Å². The van der Waals surface area contributed by atoms with Gasteiger partial charge in [-0.15, -0.1) is 0 Å². The van der Waals surface area contributed by atoms with Crippen molar-refractivity contribution in [3.8, 4) is 5.75 Å². The van der Waals surface area contributed by atoms with Gasteiger partial charge < -0.3 is 5.11 Å². The molecule has 0 saturated heterocycles. The lowest BCUT2D eigenvalue weighted by Crippen LogP contribution is -1.93.